The lowest BCUT2D eigenvalue weighted by atomic mass is 10.3. The maximum atomic E-state index is 13.4. The molecule has 25 heavy (non-hydrogen) atoms. The first kappa shape index (κ1) is 18.7. The van der Waals surface area contributed by atoms with Crippen LogP contribution in [-0.2, 0) is 9.59 Å². The molecule has 0 aliphatic heterocycles. The van der Waals surface area contributed by atoms with Gasteiger partial charge in [-0.2, -0.15) is 0 Å². The molecule has 0 unspecified atom stereocenters. The number of ether oxygens (including phenoxy) is 1. The van der Waals surface area contributed by atoms with E-state index in [4.69, 9.17) is 4.74 Å². The largest absolute Gasteiger partial charge is 0.497 e. The van der Waals surface area contributed by atoms with Crippen molar-refractivity contribution in [3.63, 3.8) is 0 Å². The van der Waals surface area contributed by atoms with E-state index in [1.54, 1.807) is 31.4 Å². The molecule has 2 aromatic carbocycles. The summed E-state index contributed by atoms with van der Waals surface area (Å²) in [7, 11) is 1.55. The van der Waals surface area contributed by atoms with Crippen molar-refractivity contribution >= 4 is 35.0 Å². The van der Waals surface area contributed by atoms with Crippen LogP contribution in [0.25, 0.3) is 0 Å². The van der Waals surface area contributed by atoms with Gasteiger partial charge in [-0.3, -0.25) is 9.59 Å². The molecule has 0 spiro atoms. The van der Waals surface area contributed by atoms with E-state index in [-0.39, 0.29) is 23.1 Å². The van der Waals surface area contributed by atoms with E-state index in [2.05, 4.69) is 10.6 Å². The van der Waals surface area contributed by atoms with Crippen LogP contribution in [0.1, 0.15) is 0 Å². The number of benzene rings is 2. The second kappa shape index (κ2) is 9.03. The summed E-state index contributed by atoms with van der Waals surface area (Å²) in [5, 5.41) is 5.01. The van der Waals surface area contributed by atoms with Crippen molar-refractivity contribution in [3.05, 3.63) is 54.1 Å². The average Bonchev–Trinajstić information content (AvgIpc) is 2.58. The van der Waals surface area contributed by atoms with E-state index in [9.17, 15) is 18.4 Å². The molecule has 0 aliphatic rings. The van der Waals surface area contributed by atoms with E-state index < -0.39 is 17.5 Å². The van der Waals surface area contributed by atoms with Gasteiger partial charge in [-0.05, 0) is 36.4 Å². The van der Waals surface area contributed by atoms with Crippen LogP contribution in [0.2, 0.25) is 0 Å². The van der Waals surface area contributed by atoms with Crippen molar-refractivity contribution in [1.29, 1.82) is 0 Å². The molecule has 0 aliphatic carbocycles. The predicted octanol–water partition coefficient (Wildman–Crippen LogP) is 3.28. The lowest BCUT2D eigenvalue weighted by Gasteiger charge is -2.07. The highest BCUT2D eigenvalue weighted by Gasteiger charge is 2.10. The molecule has 0 bridgehead atoms. The quantitative estimate of drug-likeness (QED) is 0.789. The lowest BCUT2D eigenvalue weighted by molar-refractivity contribution is -0.114. The number of rotatable bonds is 7. The van der Waals surface area contributed by atoms with Gasteiger partial charge >= 0.3 is 0 Å². The Morgan fingerprint density at radius 1 is 1.00 bits per heavy atom. The molecule has 5 nitrogen and oxygen atoms in total. The SMILES string of the molecule is COc1ccc(NC(=O)CSCC(=O)Nc2ccc(F)cc2F)cc1. The Kier molecular flexibility index (Phi) is 6.76. The van der Waals surface area contributed by atoms with Crippen LogP contribution in [0.4, 0.5) is 20.2 Å². The smallest absolute Gasteiger partial charge is 0.234 e. The highest BCUT2D eigenvalue weighted by Crippen LogP contribution is 2.16. The molecule has 132 valence electrons. The number of hydrogen-bond acceptors (Lipinski definition) is 4. The summed E-state index contributed by atoms with van der Waals surface area (Å²) in [5.41, 5.74) is 0.513. The maximum absolute atomic E-state index is 13.4. The number of amides is 2. The first-order chi connectivity index (χ1) is 12.0. The van der Waals surface area contributed by atoms with Crippen LogP contribution in [0.5, 0.6) is 5.75 Å². The second-order valence-electron chi connectivity index (χ2n) is 4.94. The highest BCUT2D eigenvalue weighted by atomic mass is 32.2. The Labute approximate surface area is 147 Å². The van der Waals surface area contributed by atoms with Crippen molar-refractivity contribution in [2.24, 2.45) is 0 Å². The van der Waals surface area contributed by atoms with Crippen molar-refractivity contribution in [2.45, 2.75) is 0 Å². The van der Waals surface area contributed by atoms with E-state index in [0.717, 1.165) is 23.9 Å². The van der Waals surface area contributed by atoms with Gasteiger partial charge < -0.3 is 15.4 Å². The van der Waals surface area contributed by atoms with Gasteiger partial charge in [-0.25, -0.2) is 8.78 Å². The number of hydrogen-bond donors (Lipinski definition) is 2. The molecule has 0 atom stereocenters. The number of anilines is 2. The molecule has 8 heteroatoms. The van der Waals surface area contributed by atoms with Crippen LogP contribution in [0, 0.1) is 11.6 Å². The minimum Gasteiger partial charge on any atom is -0.497 e. The van der Waals surface area contributed by atoms with Crippen molar-refractivity contribution in [3.8, 4) is 5.75 Å². The summed E-state index contributed by atoms with van der Waals surface area (Å²) in [4.78, 5) is 23.5. The number of carbonyl (C=O) groups excluding carboxylic acids is 2. The van der Waals surface area contributed by atoms with Crippen LogP contribution >= 0.6 is 11.8 Å². The standard InChI is InChI=1S/C17H16F2N2O3S/c1-24-13-5-3-12(4-6-13)20-16(22)9-25-10-17(23)21-15-7-2-11(18)8-14(15)19/h2-8H,9-10H2,1H3,(H,20,22)(H,21,23). The van der Waals surface area contributed by atoms with E-state index >= 15 is 0 Å². The van der Waals surface area contributed by atoms with Crippen LogP contribution in [0.3, 0.4) is 0 Å². The first-order valence-corrected chi connectivity index (χ1v) is 8.40. The monoisotopic (exact) mass is 366 g/mol. The zero-order valence-electron chi connectivity index (χ0n) is 13.3. The van der Waals surface area contributed by atoms with Crippen LogP contribution in [0.15, 0.2) is 42.5 Å². The average molecular weight is 366 g/mol. The topological polar surface area (TPSA) is 67.4 Å². The van der Waals surface area contributed by atoms with Crippen LogP contribution in [-0.4, -0.2) is 30.4 Å². The first-order valence-electron chi connectivity index (χ1n) is 7.24. The number of thioether (sulfide) groups is 1. The minimum absolute atomic E-state index is 0.0349. The zero-order valence-corrected chi connectivity index (χ0v) is 14.2. The summed E-state index contributed by atoms with van der Waals surface area (Å²) in [5.74, 6) is -1.62. The fourth-order valence-electron chi connectivity index (χ4n) is 1.88. The van der Waals surface area contributed by atoms with Gasteiger partial charge in [-0.1, -0.05) is 0 Å². The predicted molar refractivity (Wildman–Crippen MR) is 93.9 cm³/mol. The summed E-state index contributed by atoms with van der Waals surface area (Å²) in [6.07, 6.45) is 0. The molecular weight excluding hydrogens is 350 g/mol. The van der Waals surface area contributed by atoms with Gasteiger partial charge in [0.2, 0.25) is 11.8 Å². The summed E-state index contributed by atoms with van der Waals surface area (Å²) >= 11 is 1.08. The van der Waals surface area contributed by atoms with Gasteiger partial charge in [0.05, 0.1) is 24.3 Å². The molecular formula is C17H16F2N2O3S. The Bertz CT molecular complexity index is 754. The molecule has 0 heterocycles. The number of methoxy groups -OCH3 is 1. The summed E-state index contributed by atoms with van der Waals surface area (Å²) < 4.78 is 31.2. The van der Waals surface area contributed by atoms with Gasteiger partial charge in [0.1, 0.15) is 17.4 Å². The molecule has 2 amide bonds. The van der Waals surface area contributed by atoms with E-state index in [1.807, 2.05) is 0 Å². The molecule has 0 saturated heterocycles. The summed E-state index contributed by atoms with van der Waals surface area (Å²) in [6, 6.07) is 9.71. The maximum Gasteiger partial charge on any atom is 0.234 e. The van der Waals surface area contributed by atoms with Gasteiger partial charge in [0.15, 0.2) is 0 Å². The molecule has 2 rings (SSSR count). The van der Waals surface area contributed by atoms with Crippen molar-refractivity contribution in [1.82, 2.24) is 0 Å². The van der Waals surface area contributed by atoms with Gasteiger partial charge in [0.25, 0.3) is 0 Å². The third kappa shape index (κ3) is 6.07. The fraction of sp³-hybridized carbons (Fsp3) is 0.176. The Morgan fingerprint density at radius 2 is 1.64 bits per heavy atom. The molecule has 0 saturated carbocycles. The van der Waals surface area contributed by atoms with Crippen LogP contribution < -0.4 is 15.4 Å². The third-order valence-electron chi connectivity index (χ3n) is 3.05. The number of nitrogens with one attached hydrogen (secondary N) is 2. The summed E-state index contributed by atoms with van der Waals surface area (Å²) in [6.45, 7) is 0. The van der Waals surface area contributed by atoms with Gasteiger partial charge in [-0.15, -0.1) is 11.8 Å². The number of halogens is 2. The molecule has 0 fully saturated rings. The number of carbonyl (C=O) groups is 2. The highest BCUT2D eigenvalue weighted by molar-refractivity contribution is 8.00. The van der Waals surface area contributed by atoms with Gasteiger partial charge in [0, 0.05) is 11.8 Å². The van der Waals surface area contributed by atoms with Crippen molar-refractivity contribution < 1.29 is 23.1 Å². The lowest BCUT2D eigenvalue weighted by Crippen LogP contribution is -2.19. The minimum atomic E-state index is -0.851. The molecule has 2 aromatic rings. The second-order valence-corrected chi connectivity index (χ2v) is 5.93. The van der Waals surface area contributed by atoms with Crippen molar-refractivity contribution in [2.75, 3.05) is 29.2 Å². The normalized spacial score (nSPS) is 10.2. The Morgan fingerprint density at radius 3 is 2.24 bits per heavy atom. The Balaban J connectivity index is 1.73. The third-order valence-corrected chi connectivity index (χ3v) is 3.98. The zero-order chi connectivity index (χ0) is 18.2. The van der Waals surface area contributed by atoms with E-state index in [1.165, 1.54) is 0 Å². The van der Waals surface area contributed by atoms with E-state index in [0.29, 0.717) is 17.5 Å². The fourth-order valence-corrected chi connectivity index (χ4v) is 2.50. The molecule has 0 radical (unpaired) electrons. The molecule has 2 N–H and O–H groups in total. The molecule has 0 aromatic heterocycles. The Hall–Kier alpha value is -2.61.